The summed E-state index contributed by atoms with van der Waals surface area (Å²) in [5.41, 5.74) is -2.19. The van der Waals surface area contributed by atoms with Crippen LogP contribution in [0.15, 0.2) is 54.6 Å². The van der Waals surface area contributed by atoms with Crippen molar-refractivity contribution < 1.29 is 37.8 Å². The molecule has 0 fully saturated rings. The minimum atomic E-state index is -2.82. The fourth-order valence-corrected chi connectivity index (χ4v) is 6.13. The van der Waals surface area contributed by atoms with Crippen molar-refractivity contribution >= 4 is 32.1 Å². The summed E-state index contributed by atoms with van der Waals surface area (Å²) in [5, 5.41) is -0.350. The highest BCUT2D eigenvalue weighted by Crippen LogP contribution is 2.47. The number of hydrogen-bond acceptors (Lipinski definition) is 8. The van der Waals surface area contributed by atoms with Crippen LogP contribution in [-0.4, -0.2) is 57.1 Å². The zero-order chi connectivity index (χ0) is 35.1. The summed E-state index contributed by atoms with van der Waals surface area (Å²) in [5.74, 6) is -1.21. The molecular formula is C37H54O8Si. The summed E-state index contributed by atoms with van der Waals surface area (Å²) in [7, 11) is 0.331. The van der Waals surface area contributed by atoms with E-state index in [9.17, 15) is 14.4 Å². The molecule has 2 aromatic rings. The first kappa shape index (κ1) is 38.7. The normalized spacial score (nSPS) is 14.7. The fourth-order valence-electron chi connectivity index (χ4n) is 4.61. The van der Waals surface area contributed by atoms with E-state index in [1.807, 2.05) is 37.4 Å². The molecule has 2 atom stereocenters. The second-order valence-electron chi connectivity index (χ2n) is 15.1. The number of ketones is 1. The van der Waals surface area contributed by atoms with Gasteiger partial charge in [-0.1, -0.05) is 51.1 Å². The van der Waals surface area contributed by atoms with E-state index in [0.717, 1.165) is 5.56 Å². The van der Waals surface area contributed by atoms with Crippen LogP contribution in [0.1, 0.15) is 92.2 Å². The Hall–Kier alpha value is -3.43. The molecule has 0 amide bonds. The summed E-state index contributed by atoms with van der Waals surface area (Å²) < 4.78 is 29.6. The van der Waals surface area contributed by atoms with E-state index in [4.69, 9.17) is 23.4 Å². The summed E-state index contributed by atoms with van der Waals surface area (Å²) in [6, 6.07) is 14.4. The van der Waals surface area contributed by atoms with Crippen molar-refractivity contribution in [1.29, 1.82) is 0 Å². The highest BCUT2D eigenvalue weighted by molar-refractivity contribution is 6.74. The van der Waals surface area contributed by atoms with Gasteiger partial charge in [0.05, 0.1) is 20.6 Å². The number of carbonyl (C=O) groups is 3. The van der Waals surface area contributed by atoms with Crippen LogP contribution in [0.3, 0.4) is 0 Å². The van der Waals surface area contributed by atoms with Crippen LogP contribution in [0.4, 0.5) is 0 Å². The third kappa shape index (κ3) is 11.1. The molecule has 0 aliphatic carbocycles. The number of esters is 2. The third-order valence-electron chi connectivity index (χ3n) is 7.88. The average Bonchev–Trinajstić information content (AvgIpc) is 2.92. The predicted octanol–water partition coefficient (Wildman–Crippen LogP) is 8.29. The first-order chi connectivity index (χ1) is 21.0. The molecule has 0 saturated carbocycles. The number of rotatable bonds is 13. The number of benzene rings is 2. The summed E-state index contributed by atoms with van der Waals surface area (Å²) in [4.78, 5) is 42.2. The molecular weight excluding hydrogens is 600 g/mol. The van der Waals surface area contributed by atoms with Crippen molar-refractivity contribution in [2.24, 2.45) is 0 Å². The van der Waals surface area contributed by atoms with E-state index in [0.29, 0.717) is 17.1 Å². The number of allylic oxidation sites excluding steroid dienone is 1. The second-order valence-corrected chi connectivity index (χ2v) is 19.8. The maximum atomic E-state index is 14.6. The Morgan fingerprint density at radius 2 is 1.22 bits per heavy atom. The van der Waals surface area contributed by atoms with Gasteiger partial charge < -0.3 is 23.4 Å². The Kier molecular flexibility index (Phi) is 12.6. The van der Waals surface area contributed by atoms with Crippen molar-refractivity contribution in [3.8, 4) is 11.5 Å². The molecule has 0 aromatic heterocycles. The van der Waals surface area contributed by atoms with E-state index in [1.54, 1.807) is 86.1 Å². The Morgan fingerprint density at radius 3 is 1.65 bits per heavy atom. The van der Waals surface area contributed by atoms with Gasteiger partial charge >= 0.3 is 11.9 Å². The first-order valence-electron chi connectivity index (χ1n) is 15.7. The zero-order valence-corrected chi connectivity index (χ0v) is 31.0. The third-order valence-corrected chi connectivity index (χ3v) is 12.4. The average molecular weight is 655 g/mol. The van der Waals surface area contributed by atoms with E-state index in [-0.39, 0.29) is 17.2 Å². The molecule has 0 aliphatic heterocycles. The second kappa shape index (κ2) is 15.0. The molecule has 0 bridgehead atoms. The highest BCUT2D eigenvalue weighted by Gasteiger charge is 2.57. The molecule has 0 heterocycles. The lowest BCUT2D eigenvalue weighted by molar-refractivity contribution is -0.185. The Labute approximate surface area is 276 Å². The van der Waals surface area contributed by atoms with Gasteiger partial charge in [0.1, 0.15) is 22.7 Å². The van der Waals surface area contributed by atoms with Gasteiger partial charge in [0.15, 0.2) is 19.7 Å². The number of methoxy groups -OCH3 is 2. The number of hydrogen-bond donors (Lipinski definition) is 0. The quantitative estimate of drug-likeness (QED) is 0.121. The molecule has 254 valence electrons. The fraction of sp³-hybridized carbons (Fsp3) is 0.541. The Bertz CT molecular complexity index is 1360. The van der Waals surface area contributed by atoms with Gasteiger partial charge in [-0.25, -0.2) is 4.79 Å². The molecule has 0 radical (unpaired) electrons. The van der Waals surface area contributed by atoms with Gasteiger partial charge in [0.25, 0.3) is 0 Å². The molecule has 0 spiro atoms. The van der Waals surface area contributed by atoms with Gasteiger partial charge in [-0.15, -0.1) is 0 Å². The van der Waals surface area contributed by atoms with Gasteiger partial charge in [0, 0.05) is 12.3 Å². The maximum absolute atomic E-state index is 14.6. The molecule has 9 heteroatoms. The van der Waals surface area contributed by atoms with Crippen LogP contribution >= 0.6 is 0 Å². The monoisotopic (exact) mass is 654 g/mol. The summed E-state index contributed by atoms with van der Waals surface area (Å²) in [6.07, 6.45) is 2.61. The van der Waals surface area contributed by atoms with Crippen molar-refractivity contribution in [3.63, 3.8) is 0 Å². The van der Waals surface area contributed by atoms with E-state index >= 15 is 0 Å². The first-order valence-corrected chi connectivity index (χ1v) is 18.6. The van der Waals surface area contributed by atoms with Crippen LogP contribution in [-0.2, 0) is 28.3 Å². The van der Waals surface area contributed by atoms with Crippen LogP contribution in [0.25, 0.3) is 6.08 Å². The molecule has 0 unspecified atom stereocenters. The smallest absolute Gasteiger partial charge is 0.339 e. The predicted molar refractivity (Wildman–Crippen MR) is 185 cm³/mol. The standard InChI is InChI=1S/C37H54O8Si/c1-34(2,3)43-32(39)25-37(33(40)44-35(4,5)6,45-46(12,13)36(7,8)9)31(27-17-22-30(42-11)23-18-27)24-28(38)19-14-26-15-20-29(41-10)21-16-26/h14-23,31H,24-25H2,1-13H3/b19-14+/t31-,37+/m0/s1. The summed E-state index contributed by atoms with van der Waals surface area (Å²) >= 11 is 0. The lowest BCUT2D eigenvalue weighted by Crippen LogP contribution is -2.59. The molecule has 0 saturated heterocycles. The summed E-state index contributed by atoms with van der Waals surface area (Å²) in [6.45, 7) is 20.8. The minimum absolute atomic E-state index is 0.143. The van der Waals surface area contributed by atoms with Crippen LogP contribution in [0, 0.1) is 0 Å². The molecule has 2 aromatic carbocycles. The zero-order valence-electron chi connectivity index (χ0n) is 30.0. The number of carbonyl (C=O) groups excluding carboxylic acids is 3. The topological polar surface area (TPSA) is 97.4 Å². The van der Waals surface area contributed by atoms with Crippen molar-refractivity contribution in [1.82, 2.24) is 0 Å². The van der Waals surface area contributed by atoms with Gasteiger partial charge in [-0.2, -0.15) is 0 Å². The van der Waals surface area contributed by atoms with Crippen molar-refractivity contribution in [3.05, 3.63) is 65.7 Å². The lowest BCUT2D eigenvalue weighted by Gasteiger charge is -2.48. The molecule has 8 nitrogen and oxygen atoms in total. The Morgan fingerprint density at radius 1 is 0.739 bits per heavy atom. The molecule has 2 rings (SSSR count). The Balaban J connectivity index is 2.85. The number of ether oxygens (including phenoxy) is 4. The van der Waals surface area contributed by atoms with Crippen LogP contribution in [0.5, 0.6) is 11.5 Å². The van der Waals surface area contributed by atoms with Gasteiger partial charge in [-0.3, -0.25) is 9.59 Å². The maximum Gasteiger partial charge on any atom is 0.339 e. The minimum Gasteiger partial charge on any atom is -0.497 e. The highest BCUT2D eigenvalue weighted by atomic mass is 28.4. The van der Waals surface area contributed by atoms with Crippen molar-refractivity contribution in [2.45, 2.75) is 116 Å². The van der Waals surface area contributed by atoms with Gasteiger partial charge in [0.2, 0.25) is 0 Å². The SMILES string of the molecule is COc1ccc(/C=C/C(=O)C[C@@H](c2ccc(OC)cc2)[C@@](CC(=O)OC(C)(C)C)(O[Si](C)(C)C(C)(C)C)C(=O)OC(C)(C)C)cc1. The van der Waals surface area contributed by atoms with E-state index in [2.05, 4.69) is 20.8 Å². The van der Waals surface area contributed by atoms with Crippen LogP contribution in [0.2, 0.25) is 18.1 Å². The molecule has 0 N–H and O–H groups in total. The lowest BCUT2D eigenvalue weighted by atomic mass is 9.76. The van der Waals surface area contributed by atoms with Crippen molar-refractivity contribution in [2.75, 3.05) is 14.2 Å². The largest absolute Gasteiger partial charge is 0.497 e. The van der Waals surface area contributed by atoms with E-state index < -0.39 is 49.4 Å². The molecule has 0 aliphatic rings. The molecule has 46 heavy (non-hydrogen) atoms. The van der Waals surface area contributed by atoms with Crippen LogP contribution < -0.4 is 9.47 Å². The van der Waals surface area contributed by atoms with Gasteiger partial charge in [-0.05, 0) is 101 Å². The van der Waals surface area contributed by atoms with E-state index in [1.165, 1.54) is 6.08 Å².